The van der Waals surface area contributed by atoms with Gasteiger partial charge in [0.15, 0.2) is 0 Å². The van der Waals surface area contributed by atoms with Crippen molar-refractivity contribution < 1.29 is 13.2 Å². The van der Waals surface area contributed by atoms with Gasteiger partial charge in [-0.25, -0.2) is 0 Å². The molecule has 0 aromatic heterocycles. The molecule has 0 bridgehead atoms. The van der Waals surface area contributed by atoms with E-state index >= 15 is 0 Å². The maximum atomic E-state index is 13.0. The number of benzene rings is 2. The van der Waals surface area contributed by atoms with Gasteiger partial charge >= 0.3 is 6.18 Å². The van der Waals surface area contributed by atoms with E-state index < -0.39 is 11.7 Å². The molecule has 0 radical (unpaired) electrons. The van der Waals surface area contributed by atoms with Crippen LogP contribution in [0.25, 0.3) is 11.1 Å². The molecule has 3 heteroatoms. The number of alkyl halides is 3. The summed E-state index contributed by atoms with van der Waals surface area (Å²) in [4.78, 5) is 0. The average molecular weight is 250 g/mol. The zero-order valence-electron chi connectivity index (χ0n) is 10.2. The summed E-state index contributed by atoms with van der Waals surface area (Å²) < 4.78 is 38.9. The van der Waals surface area contributed by atoms with Gasteiger partial charge in [0.2, 0.25) is 0 Å². The Morgan fingerprint density at radius 1 is 0.778 bits per heavy atom. The first-order valence-electron chi connectivity index (χ1n) is 5.64. The topological polar surface area (TPSA) is 0 Å². The van der Waals surface area contributed by atoms with Gasteiger partial charge < -0.3 is 0 Å². The molecule has 0 unspecified atom stereocenters. The lowest BCUT2D eigenvalue weighted by Crippen LogP contribution is -2.07. The van der Waals surface area contributed by atoms with Gasteiger partial charge in [0.25, 0.3) is 0 Å². The summed E-state index contributed by atoms with van der Waals surface area (Å²) >= 11 is 0. The van der Waals surface area contributed by atoms with Crippen LogP contribution in [0.5, 0.6) is 0 Å². The molecule has 0 aliphatic rings. The minimum absolute atomic E-state index is 0.242. The fourth-order valence-electron chi connectivity index (χ4n) is 2.01. The quantitative estimate of drug-likeness (QED) is 0.669. The van der Waals surface area contributed by atoms with Gasteiger partial charge in [-0.05, 0) is 42.2 Å². The van der Waals surface area contributed by atoms with Crippen LogP contribution < -0.4 is 0 Å². The van der Waals surface area contributed by atoms with Crippen LogP contribution in [0.3, 0.4) is 0 Å². The van der Waals surface area contributed by atoms with E-state index in [-0.39, 0.29) is 5.56 Å². The summed E-state index contributed by atoms with van der Waals surface area (Å²) in [5.74, 6) is 0. The van der Waals surface area contributed by atoms with E-state index in [0.29, 0.717) is 5.56 Å². The zero-order valence-corrected chi connectivity index (χ0v) is 10.2. The van der Waals surface area contributed by atoms with Gasteiger partial charge in [-0.3, -0.25) is 0 Å². The molecule has 2 aromatic rings. The summed E-state index contributed by atoms with van der Waals surface area (Å²) in [6.07, 6.45) is -4.33. The second-order valence-electron chi connectivity index (χ2n) is 4.29. The lowest BCUT2D eigenvalue weighted by atomic mass is 9.93. The van der Waals surface area contributed by atoms with Crippen LogP contribution >= 0.6 is 0 Å². The van der Waals surface area contributed by atoms with Crippen LogP contribution in [0.15, 0.2) is 42.5 Å². The van der Waals surface area contributed by atoms with Crippen molar-refractivity contribution >= 4 is 0 Å². The van der Waals surface area contributed by atoms with Gasteiger partial charge in [-0.2, -0.15) is 13.2 Å². The standard InChI is InChI=1S/C15H13F3/c1-10-6-5-8-12(11(10)2)13-7-3-4-9-14(13)15(16,17)18/h3-9H,1-2H3. The third kappa shape index (κ3) is 2.26. The second kappa shape index (κ2) is 4.48. The second-order valence-corrected chi connectivity index (χ2v) is 4.29. The number of hydrogen-bond acceptors (Lipinski definition) is 0. The van der Waals surface area contributed by atoms with E-state index in [1.165, 1.54) is 12.1 Å². The summed E-state index contributed by atoms with van der Waals surface area (Å²) in [6, 6.07) is 11.1. The fraction of sp³-hybridized carbons (Fsp3) is 0.200. The Balaban J connectivity index is 2.69. The van der Waals surface area contributed by atoms with Crippen molar-refractivity contribution in [2.75, 3.05) is 0 Å². The SMILES string of the molecule is Cc1cccc(-c2ccccc2C(F)(F)F)c1C. The molecule has 0 nitrogen and oxygen atoms in total. The molecular weight excluding hydrogens is 237 g/mol. The summed E-state index contributed by atoms with van der Waals surface area (Å²) in [6.45, 7) is 3.74. The lowest BCUT2D eigenvalue weighted by molar-refractivity contribution is -0.137. The van der Waals surface area contributed by atoms with Crippen molar-refractivity contribution in [2.45, 2.75) is 20.0 Å². The molecule has 0 aliphatic carbocycles. The smallest absolute Gasteiger partial charge is 0.166 e. The highest BCUT2D eigenvalue weighted by Crippen LogP contribution is 2.38. The monoisotopic (exact) mass is 250 g/mol. The van der Waals surface area contributed by atoms with Crippen LogP contribution in [-0.4, -0.2) is 0 Å². The van der Waals surface area contributed by atoms with E-state index in [1.807, 2.05) is 19.9 Å². The van der Waals surface area contributed by atoms with Crippen LogP contribution in [0.2, 0.25) is 0 Å². The molecule has 0 fully saturated rings. The van der Waals surface area contributed by atoms with Crippen LogP contribution in [0.1, 0.15) is 16.7 Å². The van der Waals surface area contributed by atoms with Crippen LogP contribution in [-0.2, 0) is 6.18 Å². The molecule has 2 rings (SSSR count). The highest BCUT2D eigenvalue weighted by Gasteiger charge is 2.33. The Labute approximate surface area is 104 Å². The number of hydrogen-bond donors (Lipinski definition) is 0. The van der Waals surface area contributed by atoms with Gasteiger partial charge in [-0.15, -0.1) is 0 Å². The molecule has 94 valence electrons. The predicted molar refractivity (Wildman–Crippen MR) is 66.4 cm³/mol. The minimum atomic E-state index is -4.33. The first-order chi connectivity index (χ1) is 8.41. The normalized spacial score (nSPS) is 11.6. The maximum absolute atomic E-state index is 13.0. The van der Waals surface area contributed by atoms with Gasteiger partial charge in [0, 0.05) is 0 Å². The van der Waals surface area contributed by atoms with Gasteiger partial charge in [-0.1, -0.05) is 36.4 Å². The Kier molecular flexibility index (Phi) is 3.16. The van der Waals surface area contributed by atoms with E-state index in [4.69, 9.17) is 0 Å². The first-order valence-corrected chi connectivity index (χ1v) is 5.64. The summed E-state index contributed by atoms with van der Waals surface area (Å²) in [5.41, 5.74) is 2.17. The van der Waals surface area contributed by atoms with Crippen LogP contribution in [0.4, 0.5) is 13.2 Å². The largest absolute Gasteiger partial charge is 0.417 e. The molecule has 0 atom stereocenters. The Bertz CT molecular complexity index is 568. The first kappa shape index (κ1) is 12.7. The number of halogens is 3. The van der Waals surface area contributed by atoms with E-state index in [0.717, 1.165) is 17.2 Å². The number of rotatable bonds is 1. The molecule has 0 heterocycles. The number of aryl methyl sites for hydroxylation is 1. The van der Waals surface area contributed by atoms with Crippen LogP contribution in [0, 0.1) is 13.8 Å². The molecule has 2 aromatic carbocycles. The molecule has 0 saturated carbocycles. The molecule has 0 saturated heterocycles. The van der Waals surface area contributed by atoms with Crippen molar-refractivity contribution in [1.29, 1.82) is 0 Å². The molecule has 0 spiro atoms. The zero-order chi connectivity index (χ0) is 13.3. The van der Waals surface area contributed by atoms with Crippen molar-refractivity contribution in [3.63, 3.8) is 0 Å². The van der Waals surface area contributed by atoms with Gasteiger partial charge in [0.1, 0.15) is 0 Å². The summed E-state index contributed by atoms with van der Waals surface area (Å²) in [7, 11) is 0. The molecule has 0 aliphatic heterocycles. The summed E-state index contributed by atoms with van der Waals surface area (Å²) in [5, 5.41) is 0. The fourth-order valence-corrected chi connectivity index (χ4v) is 2.01. The Hall–Kier alpha value is -1.77. The van der Waals surface area contributed by atoms with E-state index in [9.17, 15) is 13.2 Å². The predicted octanol–water partition coefficient (Wildman–Crippen LogP) is 4.99. The van der Waals surface area contributed by atoms with E-state index in [2.05, 4.69) is 0 Å². The Morgan fingerprint density at radius 3 is 2.06 bits per heavy atom. The van der Waals surface area contributed by atoms with Crippen molar-refractivity contribution in [2.24, 2.45) is 0 Å². The Morgan fingerprint density at radius 2 is 1.39 bits per heavy atom. The third-order valence-electron chi connectivity index (χ3n) is 3.13. The molecule has 18 heavy (non-hydrogen) atoms. The van der Waals surface area contributed by atoms with Gasteiger partial charge in [0.05, 0.1) is 5.56 Å². The van der Waals surface area contributed by atoms with E-state index in [1.54, 1.807) is 18.2 Å². The highest BCUT2D eigenvalue weighted by atomic mass is 19.4. The molecule has 0 N–H and O–H groups in total. The average Bonchev–Trinajstić information content (AvgIpc) is 2.32. The molecule has 0 amide bonds. The minimum Gasteiger partial charge on any atom is -0.166 e. The molecular formula is C15H13F3. The maximum Gasteiger partial charge on any atom is 0.417 e. The third-order valence-corrected chi connectivity index (χ3v) is 3.13. The van der Waals surface area contributed by atoms with Crippen molar-refractivity contribution in [1.82, 2.24) is 0 Å². The highest BCUT2D eigenvalue weighted by molar-refractivity contribution is 5.72. The van der Waals surface area contributed by atoms with Crippen molar-refractivity contribution in [3.05, 3.63) is 59.2 Å². The van der Waals surface area contributed by atoms with Crippen molar-refractivity contribution in [3.8, 4) is 11.1 Å². The lowest BCUT2D eigenvalue weighted by Gasteiger charge is -2.15.